The maximum Gasteiger partial charge on any atom is 0.251 e. The van der Waals surface area contributed by atoms with Crippen LogP contribution >= 0.6 is 0 Å². The molecule has 8 nitrogen and oxygen atoms in total. The van der Waals surface area contributed by atoms with Gasteiger partial charge in [-0.2, -0.15) is 0 Å². The van der Waals surface area contributed by atoms with Gasteiger partial charge in [0.05, 0.1) is 31.1 Å². The molecule has 2 amide bonds. The summed E-state index contributed by atoms with van der Waals surface area (Å²) in [5.41, 5.74) is 1.84. The number of carbonyl (C=O) groups excluding carboxylic acids is 2. The lowest BCUT2D eigenvalue weighted by molar-refractivity contribution is -0.114. The van der Waals surface area contributed by atoms with Gasteiger partial charge in [-0.15, -0.1) is 0 Å². The SMILES string of the molecule is O=C(CNc1ccccc1OCC1CCCO1)Nc1ccc(C(=O)NCc2ccco2)cc1. The molecule has 3 N–H and O–H groups in total. The Morgan fingerprint density at radius 3 is 2.64 bits per heavy atom. The van der Waals surface area contributed by atoms with Gasteiger partial charge in [-0.3, -0.25) is 9.59 Å². The standard InChI is InChI=1S/C25H27N3O5/c29-24(16-26-22-7-1-2-8-23(22)33-17-21-6-4-14-32-21)28-19-11-9-18(10-12-19)25(30)27-15-20-5-3-13-31-20/h1-3,5,7-13,21,26H,4,6,14-17H2,(H,27,30)(H,28,29). The predicted octanol–water partition coefficient (Wildman–Crippen LogP) is 3.82. The molecule has 2 aromatic carbocycles. The molecule has 4 rings (SSSR count). The summed E-state index contributed by atoms with van der Waals surface area (Å²) in [4.78, 5) is 24.6. The average Bonchev–Trinajstić information content (AvgIpc) is 3.55. The van der Waals surface area contributed by atoms with E-state index in [-0.39, 0.29) is 24.5 Å². The largest absolute Gasteiger partial charge is 0.489 e. The van der Waals surface area contributed by atoms with Crippen LogP contribution in [0, 0.1) is 0 Å². The van der Waals surface area contributed by atoms with Crippen molar-refractivity contribution in [2.45, 2.75) is 25.5 Å². The molecule has 1 atom stereocenters. The van der Waals surface area contributed by atoms with Crippen LogP contribution in [0.5, 0.6) is 5.75 Å². The Kier molecular flexibility index (Phi) is 7.60. The fraction of sp³-hybridized carbons (Fsp3) is 0.280. The van der Waals surface area contributed by atoms with E-state index in [9.17, 15) is 9.59 Å². The molecule has 1 aliphatic rings. The molecule has 0 radical (unpaired) electrons. The predicted molar refractivity (Wildman–Crippen MR) is 124 cm³/mol. The number of amides is 2. The molecular weight excluding hydrogens is 422 g/mol. The van der Waals surface area contributed by atoms with Crippen molar-refractivity contribution in [3.63, 3.8) is 0 Å². The van der Waals surface area contributed by atoms with Gasteiger partial charge >= 0.3 is 0 Å². The first-order valence-electron chi connectivity index (χ1n) is 11.0. The second-order valence-corrected chi connectivity index (χ2v) is 7.68. The van der Waals surface area contributed by atoms with Gasteiger partial charge < -0.3 is 29.8 Å². The number of para-hydroxylation sites is 2. The summed E-state index contributed by atoms with van der Waals surface area (Å²) in [7, 11) is 0. The van der Waals surface area contributed by atoms with Crippen LogP contribution in [0.1, 0.15) is 29.0 Å². The van der Waals surface area contributed by atoms with Gasteiger partial charge in [-0.05, 0) is 61.4 Å². The molecule has 0 spiro atoms. The third-order valence-electron chi connectivity index (χ3n) is 5.21. The number of nitrogens with one attached hydrogen (secondary N) is 3. The number of carbonyl (C=O) groups is 2. The zero-order valence-corrected chi connectivity index (χ0v) is 18.2. The number of benzene rings is 2. The molecule has 3 aromatic rings. The van der Waals surface area contributed by atoms with Crippen molar-refractivity contribution in [3.05, 3.63) is 78.3 Å². The summed E-state index contributed by atoms with van der Waals surface area (Å²) >= 11 is 0. The number of hydrogen-bond acceptors (Lipinski definition) is 6. The second-order valence-electron chi connectivity index (χ2n) is 7.68. The Bertz CT molecular complexity index is 1040. The Labute approximate surface area is 192 Å². The van der Waals surface area contributed by atoms with Gasteiger partial charge in [0.15, 0.2) is 0 Å². The summed E-state index contributed by atoms with van der Waals surface area (Å²) in [6.45, 7) is 1.66. The van der Waals surface area contributed by atoms with Crippen LogP contribution in [0.15, 0.2) is 71.3 Å². The van der Waals surface area contributed by atoms with Crippen molar-refractivity contribution in [1.29, 1.82) is 0 Å². The molecule has 33 heavy (non-hydrogen) atoms. The topological polar surface area (TPSA) is 102 Å². The molecule has 1 aromatic heterocycles. The molecular formula is C25H27N3O5. The third kappa shape index (κ3) is 6.60. The van der Waals surface area contributed by atoms with E-state index in [2.05, 4.69) is 16.0 Å². The normalized spacial score (nSPS) is 15.1. The summed E-state index contributed by atoms with van der Waals surface area (Å²) in [5, 5.41) is 8.72. The molecule has 1 aliphatic heterocycles. The average molecular weight is 450 g/mol. The summed E-state index contributed by atoms with van der Waals surface area (Å²) in [6.07, 6.45) is 3.74. The van der Waals surface area contributed by atoms with Crippen molar-refractivity contribution in [1.82, 2.24) is 5.32 Å². The number of furan rings is 1. The molecule has 0 bridgehead atoms. The number of anilines is 2. The van der Waals surface area contributed by atoms with E-state index in [4.69, 9.17) is 13.9 Å². The van der Waals surface area contributed by atoms with E-state index in [0.29, 0.717) is 35.9 Å². The van der Waals surface area contributed by atoms with E-state index in [1.165, 1.54) is 0 Å². The van der Waals surface area contributed by atoms with Gasteiger partial charge in [0.2, 0.25) is 5.91 Å². The lowest BCUT2D eigenvalue weighted by atomic mass is 10.2. The van der Waals surface area contributed by atoms with Gasteiger partial charge in [0, 0.05) is 17.9 Å². The zero-order chi connectivity index (χ0) is 22.9. The number of ether oxygens (including phenoxy) is 2. The van der Waals surface area contributed by atoms with Crippen LogP contribution in [-0.4, -0.2) is 37.7 Å². The van der Waals surface area contributed by atoms with Crippen LogP contribution in [0.4, 0.5) is 11.4 Å². The second kappa shape index (κ2) is 11.2. The monoisotopic (exact) mass is 449 g/mol. The smallest absolute Gasteiger partial charge is 0.251 e. The van der Waals surface area contributed by atoms with Crippen LogP contribution in [0.2, 0.25) is 0 Å². The quantitative estimate of drug-likeness (QED) is 0.435. The maximum absolute atomic E-state index is 12.4. The molecule has 1 saturated heterocycles. The first kappa shape index (κ1) is 22.4. The van der Waals surface area contributed by atoms with Crippen molar-refractivity contribution in [2.75, 3.05) is 30.4 Å². The highest BCUT2D eigenvalue weighted by Crippen LogP contribution is 2.25. The lowest BCUT2D eigenvalue weighted by Gasteiger charge is -2.15. The van der Waals surface area contributed by atoms with Crippen LogP contribution in [-0.2, 0) is 16.1 Å². The molecule has 172 valence electrons. The van der Waals surface area contributed by atoms with E-state index in [0.717, 1.165) is 25.1 Å². The van der Waals surface area contributed by atoms with Gasteiger partial charge in [-0.25, -0.2) is 0 Å². The first-order valence-corrected chi connectivity index (χ1v) is 11.0. The van der Waals surface area contributed by atoms with Crippen molar-refractivity contribution >= 4 is 23.2 Å². The van der Waals surface area contributed by atoms with E-state index in [1.807, 2.05) is 24.3 Å². The lowest BCUT2D eigenvalue weighted by Crippen LogP contribution is -2.23. The number of rotatable bonds is 10. The Morgan fingerprint density at radius 1 is 1.03 bits per heavy atom. The minimum Gasteiger partial charge on any atom is -0.489 e. The highest BCUT2D eigenvalue weighted by Gasteiger charge is 2.17. The fourth-order valence-electron chi connectivity index (χ4n) is 3.47. The fourth-order valence-corrected chi connectivity index (χ4v) is 3.47. The molecule has 0 aliphatic carbocycles. The highest BCUT2D eigenvalue weighted by molar-refractivity contribution is 5.96. The molecule has 2 heterocycles. The molecule has 1 fully saturated rings. The van der Waals surface area contributed by atoms with Crippen LogP contribution in [0.3, 0.4) is 0 Å². The Balaban J connectivity index is 1.24. The number of hydrogen-bond donors (Lipinski definition) is 3. The van der Waals surface area contributed by atoms with E-state index >= 15 is 0 Å². The zero-order valence-electron chi connectivity index (χ0n) is 18.2. The van der Waals surface area contributed by atoms with E-state index < -0.39 is 0 Å². The van der Waals surface area contributed by atoms with Crippen LogP contribution in [0.25, 0.3) is 0 Å². The minimum atomic E-state index is -0.217. The Morgan fingerprint density at radius 2 is 1.88 bits per heavy atom. The third-order valence-corrected chi connectivity index (χ3v) is 5.21. The highest BCUT2D eigenvalue weighted by atomic mass is 16.5. The first-order chi connectivity index (χ1) is 16.2. The van der Waals surface area contributed by atoms with Gasteiger partial charge in [0.25, 0.3) is 5.91 Å². The summed E-state index contributed by atoms with van der Waals surface area (Å²) in [6, 6.07) is 17.8. The van der Waals surface area contributed by atoms with Gasteiger partial charge in [-0.1, -0.05) is 12.1 Å². The van der Waals surface area contributed by atoms with Gasteiger partial charge in [0.1, 0.15) is 18.1 Å². The summed E-state index contributed by atoms with van der Waals surface area (Å²) < 4.78 is 16.7. The summed E-state index contributed by atoms with van der Waals surface area (Å²) in [5.74, 6) is 0.939. The van der Waals surface area contributed by atoms with Crippen molar-refractivity contribution in [2.24, 2.45) is 0 Å². The molecule has 0 saturated carbocycles. The van der Waals surface area contributed by atoms with Crippen molar-refractivity contribution < 1.29 is 23.5 Å². The van der Waals surface area contributed by atoms with Crippen LogP contribution < -0.4 is 20.7 Å². The molecule has 8 heteroatoms. The Hall–Kier alpha value is -3.78. The molecule has 1 unspecified atom stereocenters. The minimum absolute atomic E-state index is 0.0751. The maximum atomic E-state index is 12.4. The van der Waals surface area contributed by atoms with Crippen molar-refractivity contribution in [3.8, 4) is 5.75 Å². The van der Waals surface area contributed by atoms with E-state index in [1.54, 1.807) is 42.7 Å².